The zero-order chi connectivity index (χ0) is 22.6. The fourth-order valence-electron chi connectivity index (χ4n) is 4.40. The first-order valence-corrected chi connectivity index (χ1v) is 11.8. The average molecular weight is 450 g/mol. The molecule has 5 rings (SSSR count). The van der Waals surface area contributed by atoms with Crippen LogP contribution in [0.1, 0.15) is 50.8 Å². The van der Waals surface area contributed by atoms with Crippen LogP contribution >= 0.6 is 0 Å². The zero-order valence-electron chi connectivity index (χ0n) is 19.3. The lowest BCUT2D eigenvalue weighted by molar-refractivity contribution is 0.280. The van der Waals surface area contributed by atoms with Crippen LogP contribution in [0.5, 0.6) is 5.88 Å². The number of rotatable bonds is 8. The minimum atomic E-state index is -0.107. The maximum Gasteiger partial charge on any atom is 0.232 e. The van der Waals surface area contributed by atoms with Gasteiger partial charge in [-0.2, -0.15) is 5.10 Å². The molecule has 1 aliphatic carbocycles. The Morgan fingerprint density at radius 3 is 2.76 bits per heavy atom. The van der Waals surface area contributed by atoms with Crippen LogP contribution in [0.3, 0.4) is 0 Å². The smallest absolute Gasteiger partial charge is 0.232 e. The number of hydrogen-bond acceptors (Lipinski definition) is 9. The van der Waals surface area contributed by atoms with E-state index in [4.69, 9.17) is 4.74 Å². The fraction of sp³-hybridized carbons (Fsp3) is 0.565. The lowest BCUT2D eigenvalue weighted by Crippen LogP contribution is -2.47. The fourth-order valence-corrected chi connectivity index (χ4v) is 4.40. The molecule has 10 heteroatoms. The van der Waals surface area contributed by atoms with Crippen molar-refractivity contribution >= 4 is 5.82 Å². The highest BCUT2D eigenvalue weighted by atomic mass is 16.5. The Bertz CT molecular complexity index is 1050. The lowest BCUT2D eigenvalue weighted by Gasteiger charge is -2.35. The van der Waals surface area contributed by atoms with Crippen LogP contribution in [0.15, 0.2) is 30.7 Å². The summed E-state index contributed by atoms with van der Waals surface area (Å²) < 4.78 is 6.91. The molecule has 0 bridgehead atoms. The molecule has 2 aliphatic rings. The van der Waals surface area contributed by atoms with Gasteiger partial charge in [0.1, 0.15) is 11.4 Å². The van der Waals surface area contributed by atoms with Crippen molar-refractivity contribution in [3.63, 3.8) is 0 Å². The van der Waals surface area contributed by atoms with E-state index in [1.807, 2.05) is 19.2 Å². The molecule has 1 saturated heterocycles. The largest absolute Gasteiger partial charge is 0.480 e. The molecule has 3 aromatic heterocycles. The number of methoxy groups -OCH3 is 1. The van der Waals surface area contributed by atoms with Gasteiger partial charge in [-0.15, -0.1) is 10.2 Å². The Hall–Kier alpha value is -3.14. The molecule has 0 amide bonds. The molecule has 2 unspecified atom stereocenters. The van der Waals surface area contributed by atoms with E-state index in [0.717, 1.165) is 37.1 Å². The maximum absolute atomic E-state index is 5.14. The Morgan fingerprint density at radius 1 is 1.09 bits per heavy atom. The standard InChI is InChI=1S/C23H31N9O/c1-16(32-15-21(28-30-32)20-12-24-13-23(26-20)33-2)19-8-9-22(29-27-19)31-10-4-7-18(14-31)25-11-17-5-3-6-17/h8-9,12-13,15-18,25H,3-7,10-11,14H2,1-2H3. The third-order valence-electron chi connectivity index (χ3n) is 6.76. The van der Waals surface area contributed by atoms with Crippen LogP contribution in [-0.2, 0) is 0 Å². The van der Waals surface area contributed by atoms with Crippen molar-refractivity contribution in [2.24, 2.45) is 5.92 Å². The SMILES string of the molecule is COc1cncc(-c2cn(C(C)c3ccc(N4CCCC(NCC5CCC5)C4)nn3)nn2)n1. The van der Waals surface area contributed by atoms with Gasteiger partial charge in [-0.05, 0) is 57.2 Å². The van der Waals surface area contributed by atoms with Gasteiger partial charge in [0.15, 0.2) is 5.82 Å². The minimum Gasteiger partial charge on any atom is -0.480 e. The van der Waals surface area contributed by atoms with Gasteiger partial charge in [-0.3, -0.25) is 4.98 Å². The Kier molecular flexibility index (Phi) is 6.43. The van der Waals surface area contributed by atoms with Crippen LogP contribution in [-0.4, -0.2) is 67.9 Å². The van der Waals surface area contributed by atoms with Crippen molar-refractivity contribution in [1.82, 2.24) is 40.5 Å². The predicted molar refractivity (Wildman–Crippen MR) is 124 cm³/mol. The molecule has 2 atom stereocenters. The lowest BCUT2D eigenvalue weighted by atomic mass is 9.85. The van der Waals surface area contributed by atoms with E-state index in [0.29, 0.717) is 23.3 Å². The van der Waals surface area contributed by atoms with Crippen LogP contribution in [0, 0.1) is 5.92 Å². The molecule has 10 nitrogen and oxygen atoms in total. The van der Waals surface area contributed by atoms with Gasteiger partial charge < -0.3 is 15.0 Å². The Balaban J connectivity index is 1.22. The molecule has 174 valence electrons. The van der Waals surface area contributed by atoms with Gasteiger partial charge in [0.05, 0.1) is 37.4 Å². The second-order valence-corrected chi connectivity index (χ2v) is 9.01. The number of aromatic nitrogens is 7. The summed E-state index contributed by atoms with van der Waals surface area (Å²) in [5, 5.41) is 21.3. The third-order valence-corrected chi connectivity index (χ3v) is 6.76. The Labute approximate surface area is 193 Å². The third kappa shape index (κ3) is 4.95. The van der Waals surface area contributed by atoms with Gasteiger partial charge in [0.2, 0.25) is 5.88 Å². The molecule has 33 heavy (non-hydrogen) atoms. The monoisotopic (exact) mass is 449 g/mol. The highest BCUT2D eigenvalue weighted by Crippen LogP contribution is 2.26. The van der Waals surface area contributed by atoms with E-state index in [2.05, 4.69) is 46.8 Å². The molecule has 0 spiro atoms. The van der Waals surface area contributed by atoms with Crippen LogP contribution in [0.25, 0.3) is 11.4 Å². The molecule has 0 radical (unpaired) electrons. The summed E-state index contributed by atoms with van der Waals surface area (Å²) in [6.07, 6.45) is 11.6. The van der Waals surface area contributed by atoms with Crippen molar-refractivity contribution in [3.8, 4) is 17.3 Å². The van der Waals surface area contributed by atoms with Gasteiger partial charge in [0.25, 0.3) is 0 Å². The summed E-state index contributed by atoms with van der Waals surface area (Å²) in [6.45, 7) is 5.20. The topological polar surface area (TPSA) is 107 Å². The molecule has 1 saturated carbocycles. The van der Waals surface area contributed by atoms with Crippen LogP contribution in [0.2, 0.25) is 0 Å². The van der Waals surface area contributed by atoms with E-state index in [1.54, 1.807) is 24.2 Å². The first-order chi connectivity index (χ1) is 16.2. The maximum atomic E-state index is 5.14. The summed E-state index contributed by atoms with van der Waals surface area (Å²) in [5.41, 5.74) is 2.08. The van der Waals surface area contributed by atoms with Gasteiger partial charge in [-0.1, -0.05) is 11.6 Å². The Morgan fingerprint density at radius 2 is 2.00 bits per heavy atom. The highest BCUT2D eigenvalue weighted by molar-refractivity contribution is 5.51. The average Bonchev–Trinajstić information content (AvgIpc) is 3.33. The normalized spacial score (nSPS) is 19.8. The molecule has 4 heterocycles. The van der Waals surface area contributed by atoms with E-state index in [-0.39, 0.29) is 6.04 Å². The van der Waals surface area contributed by atoms with E-state index in [1.165, 1.54) is 32.1 Å². The second-order valence-electron chi connectivity index (χ2n) is 9.01. The van der Waals surface area contributed by atoms with Crippen molar-refractivity contribution in [2.75, 3.05) is 31.6 Å². The number of anilines is 1. The number of piperidine rings is 1. The molecule has 2 fully saturated rings. The van der Waals surface area contributed by atoms with Gasteiger partial charge in [0, 0.05) is 19.1 Å². The summed E-state index contributed by atoms with van der Waals surface area (Å²) in [4.78, 5) is 10.8. The molecular formula is C23H31N9O. The van der Waals surface area contributed by atoms with E-state index < -0.39 is 0 Å². The number of hydrogen-bond donors (Lipinski definition) is 1. The summed E-state index contributed by atoms with van der Waals surface area (Å²) in [5.74, 6) is 2.26. The summed E-state index contributed by atoms with van der Waals surface area (Å²) in [6, 6.07) is 4.53. The van der Waals surface area contributed by atoms with Crippen molar-refractivity contribution in [2.45, 2.75) is 51.1 Å². The minimum absolute atomic E-state index is 0.107. The molecule has 1 N–H and O–H groups in total. The second kappa shape index (κ2) is 9.78. The molecule has 1 aliphatic heterocycles. The highest BCUT2D eigenvalue weighted by Gasteiger charge is 2.24. The molecule has 3 aromatic rings. The van der Waals surface area contributed by atoms with E-state index in [9.17, 15) is 0 Å². The van der Waals surface area contributed by atoms with Crippen molar-refractivity contribution in [3.05, 3.63) is 36.4 Å². The number of nitrogens with zero attached hydrogens (tertiary/aromatic N) is 8. The molecule has 0 aromatic carbocycles. The first kappa shape index (κ1) is 21.7. The quantitative estimate of drug-likeness (QED) is 0.555. The summed E-state index contributed by atoms with van der Waals surface area (Å²) in [7, 11) is 1.56. The first-order valence-electron chi connectivity index (χ1n) is 11.8. The zero-order valence-corrected chi connectivity index (χ0v) is 19.3. The number of ether oxygens (including phenoxy) is 1. The van der Waals surface area contributed by atoms with Gasteiger partial charge >= 0.3 is 0 Å². The van der Waals surface area contributed by atoms with Crippen LogP contribution in [0.4, 0.5) is 5.82 Å². The van der Waals surface area contributed by atoms with Gasteiger partial charge in [-0.25, -0.2) is 9.67 Å². The van der Waals surface area contributed by atoms with E-state index >= 15 is 0 Å². The molecular weight excluding hydrogens is 418 g/mol. The van der Waals surface area contributed by atoms with Crippen LogP contribution < -0.4 is 15.0 Å². The van der Waals surface area contributed by atoms with Crippen molar-refractivity contribution in [1.29, 1.82) is 0 Å². The predicted octanol–water partition coefficient (Wildman–Crippen LogP) is 2.50. The summed E-state index contributed by atoms with van der Waals surface area (Å²) >= 11 is 0. The number of nitrogens with one attached hydrogen (secondary N) is 1. The van der Waals surface area contributed by atoms with Crippen molar-refractivity contribution < 1.29 is 4.74 Å².